The minimum Gasteiger partial charge on any atom is -0.491 e. The number of fused-ring (bicyclic) bond motifs is 1. The van der Waals surface area contributed by atoms with Crippen molar-refractivity contribution in [1.82, 2.24) is 0 Å². The molecule has 3 rings (SSSR count). The number of rotatable bonds is 5. The molecule has 2 aromatic rings. The molecule has 0 fully saturated rings. The van der Waals surface area contributed by atoms with E-state index in [1.165, 1.54) is 11.8 Å². The predicted octanol–water partition coefficient (Wildman–Crippen LogP) is 2.93. The van der Waals surface area contributed by atoms with Crippen molar-refractivity contribution in [3.63, 3.8) is 0 Å². The Morgan fingerprint density at radius 3 is 2.59 bits per heavy atom. The van der Waals surface area contributed by atoms with Gasteiger partial charge in [-0.25, -0.2) is 0 Å². The fraction of sp³-hybridized carbons (Fsp3) is 0.286. The number of nitrogens with zero attached hydrogens (tertiary/aromatic N) is 1. The van der Waals surface area contributed by atoms with Crippen LogP contribution in [0.25, 0.3) is 0 Å². The lowest BCUT2D eigenvalue weighted by Crippen LogP contribution is -2.38. The van der Waals surface area contributed by atoms with Gasteiger partial charge in [0.1, 0.15) is 12.3 Å². The van der Waals surface area contributed by atoms with E-state index >= 15 is 0 Å². The monoisotopic (exact) mass is 367 g/mol. The van der Waals surface area contributed by atoms with E-state index in [2.05, 4.69) is 0 Å². The van der Waals surface area contributed by atoms with Crippen LogP contribution in [0.15, 0.2) is 48.5 Å². The first-order valence-corrected chi connectivity index (χ1v) is 8.78. The van der Waals surface area contributed by atoms with Crippen LogP contribution in [0.3, 0.4) is 0 Å². The Kier molecular flexibility index (Phi) is 5.54. The largest absolute Gasteiger partial charge is 0.491 e. The molecule has 1 aliphatic heterocycles. The lowest BCUT2D eigenvalue weighted by Gasteiger charge is -2.22. The molecule has 2 aromatic carbocycles. The smallest absolute Gasteiger partial charge is 0.326 e. The number of benzene rings is 2. The zero-order valence-electron chi connectivity index (χ0n) is 15.3. The molecule has 0 spiro atoms. The summed E-state index contributed by atoms with van der Waals surface area (Å²) in [6, 6.07) is 14.1. The average Bonchev–Trinajstić information content (AvgIpc) is 2.81. The maximum atomic E-state index is 12.4. The summed E-state index contributed by atoms with van der Waals surface area (Å²) in [4.78, 5) is 38.5. The summed E-state index contributed by atoms with van der Waals surface area (Å²) in [7, 11) is 0. The number of esters is 1. The summed E-state index contributed by atoms with van der Waals surface area (Å²) < 4.78 is 10.8. The van der Waals surface area contributed by atoms with Crippen molar-refractivity contribution in [2.24, 2.45) is 0 Å². The normalized spacial score (nSPS) is 14.6. The number of Topliss-reactive ketones (excluding diaryl/α,β-unsaturated/α-hetero) is 1. The number of ether oxygens (including phenoxy) is 2. The van der Waals surface area contributed by atoms with Crippen LogP contribution in [0.1, 0.15) is 29.3 Å². The Labute approximate surface area is 157 Å². The highest BCUT2D eigenvalue weighted by Crippen LogP contribution is 2.30. The number of aryl methyl sites for hydroxylation is 1. The van der Waals surface area contributed by atoms with Gasteiger partial charge in [0, 0.05) is 5.56 Å². The average molecular weight is 367 g/mol. The number of carbonyl (C=O) groups excluding carboxylic acids is 3. The number of hydrogen-bond acceptors (Lipinski definition) is 5. The van der Waals surface area contributed by atoms with E-state index in [1.807, 2.05) is 19.1 Å². The highest BCUT2D eigenvalue weighted by Gasteiger charge is 2.27. The molecule has 0 saturated carbocycles. The number of hydrogen-bond donors (Lipinski definition) is 0. The fourth-order valence-electron chi connectivity index (χ4n) is 2.86. The Balaban J connectivity index is 1.68. The number of carbonyl (C=O) groups is 3. The van der Waals surface area contributed by atoms with Crippen molar-refractivity contribution in [3.8, 4) is 5.75 Å². The Hall–Kier alpha value is -3.15. The third kappa shape index (κ3) is 4.34. The molecule has 0 aromatic heterocycles. The van der Waals surface area contributed by atoms with Crippen molar-refractivity contribution in [1.29, 1.82) is 0 Å². The maximum Gasteiger partial charge on any atom is 0.326 e. The summed E-state index contributed by atoms with van der Waals surface area (Å²) in [5.74, 6) is -0.614. The van der Waals surface area contributed by atoms with E-state index in [0.717, 1.165) is 5.56 Å². The summed E-state index contributed by atoms with van der Waals surface area (Å²) in [6.07, 6.45) is -0.770. The number of para-hydroxylation sites is 2. The maximum absolute atomic E-state index is 12.4. The first kappa shape index (κ1) is 18.6. The zero-order valence-corrected chi connectivity index (χ0v) is 15.3. The molecular formula is C21H21NO5. The second-order valence-corrected chi connectivity index (χ2v) is 6.41. The van der Waals surface area contributed by atoms with Gasteiger partial charge in [0.15, 0.2) is 6.10 Å². The molecule has 140 valence electrons. The Morgan fingerprint density at radius 1 is 1.15 bits per heavy atom. The van der Waals surface area contributed by atoms with Gasteiger partial charge in [0.05, 0.1) is 18.7 Å². The first-order valence-electron chi connectivity index (χ1n) is 8.78. The van der Waals surface area contributed by atoms with E-state index in [9.17, 15) is 14.4 Å². The molecule has 1 amide bonds. The topological polar surface area (TPSA) is 72.9 Å². The molecule has 0 aliphatic carbocycles. The van der Waals surface area contributed by atoms with Crippen LogP contribution >= 0.6 is 0 Å². The first-order chi connectivity index (χ1) is 13.0. The predicted molar refractivity (Wildman–Crippen MR) is 100.0 cm³/mol. The number of amides is 1. The summed E-state index contributed by atoms with van der Waals surface area (Å²) in [5, 5.41) is 0. The lowest BCUT2D eigenvalue weighted by molar-refractivity contribution is -0.145. The van der Waals surface area contributed by atoms with Crippen molar-refractivity contribution < 1.29 is 23.9 Å². The minimum atomic E-state index is -0.936. The van der Waals surface area contributed by atoms with Crippen molar-refractivity contribution in [2.45, 2.75) is 26.4 Å². The molecule has 6 nitrogen and oxygen atoms in total. The van der Waals surface area contributed by atoms with E-state index in [4.69, 9.17) is 9.47 Å². The number of ketones is 1. The zero-order chi connectivity index (χ0) is 19.4. The van der Waals surface area contributed by atoms with Crippen molar-refractivity contribution in [3.05, 3.63) is 59.7 Å². The van der Waals surface area contributed by atoms with E-state index in [-0.39, 0.29) is 31.3 Å². The van der Waals surface area contributed by atoms with Gasteiger partial charge in [0.25, 0.3) is 0 Å². The van der Waals surface area contributed by atoms with Crippen LogP contribution in [0.5, 0.6) is 5.75 Å². The molecule has 0 radical (unpaired) electrons. The molecule has 1 heterocycles. The van der Waals surface area contributed by atoms with Crippen LogP contribution in [-0.2, 0) is 14.3 Å². The van der Waals surface area contributed by atoms with Crippen LogP contribution in [0, 0.1) is 6.92 Å². The summed E-state index contributed by atoms with van der Waals surface area (Å²) >= 11 is 0. The Morgan fingerprint density at radius 2 is 1.85 bits per heavy atom. The molecule has 0 bridgehead atoms. The SMILES string of the molecule is Cc1ccc(C(=O)[C@H](C)OC(=O)CN2C(=O)CCOc3ccccc32)cc1. The third-order valence-corrected chi connectivity index (χ3v) is 4.33. The molecular weight excluding hydrogens is 346 g/mol. The van der Waals surface area contributed by atoms with Gasteiger partial charge in [-0.1, -0.05) is 42.0 Å². The number of anilines is 1. The molecule has 0 saturated heterocycles. The van der Waals surface area contributed by atoms with Crippen molar-refractivity contribution in [2.75, 3.05) is 18.1 Å². The molecule has 0 unspecified atom stereocenters. The second-order valence-electron chi connectivity index (χ2n) is 6.41. The van der Waals surface area contributed by atoms with Gasteiger partial charge >= 0.3 is 5.97 Å². The van der Waals surface area contributed by atoms with Gasteiger partial charge in [0.2, 0.25) is 11.7 Å². The third-order valence-electron chi connectivity index (χ3n) is 4.33. The van der Waals surface area contributed by atoms with Crippen molar-refractivity contribution >= 4 is 23.3 Å². The van der Waals surface area contributed by atoms with Crippen LogP contribution in [0.2, 0.25) is 0 Å². The van der Waals surface area contributed by atoms with Gasteiger partial charge in [-0.2, -0.15) is 0 Å². The van der Waals surface area contributed by atoms with Crippen LogP contribution < -0.4 is 9.64 Å². The van der Waals surface area contributed by atoms with Gasteiger partial charge < -0.3 is 9.47 Å². The van der Waals surface area contributed by atoms with Crippen LogP contribution in [-0.4, -0.2) is 36.9 Å². The molecule has 1 aliphatic rings. The van der Waals surface area contributed by atoms with Crippen LogP contribution in [0.4, 0.5) is 5.69 Å². The minimum absolute atomic E-state index is 0.166. The molecule has 6 heteroatoms. The van der Waals surface area contributed by atoms with E-state index in [0.29, 0.717) is 17.0 Å². The van der Waals surface area contributed by atoms with E-state index < -0.39 is 12.1 Å². The summed E-state index contributed by atoms with van der Waals surface area (Å²) in [5.41, 5.74) is 2.04. The van der Waals surface area contributed by atoms with Gasteiger partial charge in [-0.15, -0.1) is 0 Å². The second kappa shape index (κ2) is 8.03. The molecule has 0 N–H and O–H groups in total. The highest BCUT2D eigenvalue weighted by molar-refractivity contribution is 6.02. The van der Waals surface area contributed by atoms with Gasteiger partial charge in [-0.05, 0) is 26.0 Å². The quantitative estimate of drug-likeness (QED) is 0.600. The lowest BCUT2D eigenvalue weighted by atomic mass is 10.1. The Bertz CT molecular complexity index is 859. The standard InChI is InChI=1S/C21H21NO5/c1-14-7-9-16(10-8-14)21(25)15(2)27-20(24)13-22-17-5-3-4-6-18(17)26-12-11-19(22)23/h3-10,15H,11-13H2,1-2H3/t15-/m0/s1. The fourth-order valence-corrected chi connectivity index (χ4v) is 2.86. The highest BCUT2D eigenvalue weighted by atomic mass is 16.5. The molecule has 1 atom stereocenters. The summed E-state index contributed by atoms with van der Waals surface area (Å²) in [6.45, 7) is 3.44. The van der Waals surface area contributed by atoms with Gasteiger partial charge in [-0.3, -0.25) is 19.3 Å². The molecule has 27 heavy (non-hydrogen) atoms. The van der Waals surface area contributed by atoms with E-state index in [1.54, 1.807) is 36.4 Å².